The van der Waals surface area contributed by atoms with Crippen molar-refractivity contribution in [2.45, 2.75) is 13.0 Å². The van der Waals surface area contributed by atoms with Gasteiger partial charge in [0.1, 0.15) is 17.6 Å². The van der Waals surface area contributed by atoms with E-state index < -0.39 is 6.10 Å². The van der Waals surface area contributed by atoms with E-state index in [1.54, 1.807) is 25.1 Å². The summed E-state index contributed by atoms with van der Waals surface area (Å²) in [6.45, 7) is 1.82. The molecule has 6 heteroatoms. The predicted octanol–water partition coefficient (Wildman–Crippen LogP) is 3.36. The average molecular weight is 314 g/mol. The summed E-state index contributed by atoms with van der Waals surface area (Å²) in [6.07, 6.45) is -0.901. The standard InChI is InChI=1S/C14H13Cl2NO3/c1-8-2-3-13(20-8)12(18)7-17-14(19)9-4-10(15)6-11(16)5-9/h2-6,12,18H,7H2,1H3,(H,17,19). The van der Waals surface area contributed by atoms with Gasteiger partial charge in [-0.15, -0.1) is 0 Å². The van der Waals surface area contributed by atoms with Crippen LogP contribution in [0.2, 0.25) is 10.0 Å². The summed E-state index contributed by atoms with van der Waals surface area (Å²) in [5.41, 5.74) is 0.338. The predicted molar refractivity (Wildman–Crippen MR) is 77.2 cm³/mol. The molecule has 0 aliphatic carbocycles. The maximum Gasteiger partial charge on any atom is 0.251 e. The lowest BCUT2D eigenvalue weighted by atomic mass is 10.2. The third kappa shape index (κ3) is 3.76. The first-order chi connectivity index (χ1) is 9.45. The molecule has 0 radical (unpaired) electrons. The quantitative estimate of drug-likeness (QED) is 0.909. The van der Waals surface area contributed by atoms with Crippen molar-refractivity contribution >= 4 is 29.1 Å². The van der Waals surface area contributed by atoms with Gasteiger partial charge in [0.25, 0.3) is 5.91 Å². The fraction of sp³-hybridized carbons (Fsp3) is 0.214. The maximum atomic E-state index is 11.9. The molecule has 1 atom stereocenters. The highest BCUT2D eigenvalue weighted by atomic mass is 35.5. The first kappa shape index (κ1) is 14.9. The minimum atomic E-state index is -0.901. The van der Waals surface area contributed by atoms with Crippen molar-refractivity contribution in [3.8, 4) is 0 Å². The number of aliphatic hydroxyl groups is 1. The van der Waals surface area contributed by atoms with Crippen LogP contribution in [-0.4, -0.2) is 17.6 Å². The van der Waals surface area contributed by atoms with Crippen molar-refractivity contribution < 1.29 is 14.3 Å². The number of amides is 1. The molecule has 2 rings (SSSR count). The number of hydrogen-bond donors (Lipinski definition) is 2. The Kier molecular flexibility index (Phi) is 4.70. The molecule has 106 valence electrons. The van der Waals surface area contributed by atoms with Gasteiger partial charge < -0.3 is 14.8 Å². The number of halogens is 2. The Morgan fingerprint density at radius 3 is 2.50 bits per heavy atom. The van der Waals surface area contributed by atoms with Gasteiger partial charge in [-0.3, -0.25) is 4.79 Å². The van der Waals surface area contributed by atoms with Crippen LogP contribution in [0.5, 0.6) is 0 Å². The molecule has 1 unspecified atom stereocenters. The van der Waals surface area contributed by atoms with Crippen LogP contribution in [0.4, 0.5) is 0 Å². The Morgan fingerprint density at radius 2 is 1.95 bits per heavy atom. The van der Waals surface area contributed by atoms with Crippen LogP contribution >= 0.6 is 23.2 Å². The van der Waals surface area contributed by atoms with Gasteiger partial charge in [0, 0.05) is 15.6 Å². The SMILES string of the molecule is Cc1ccc(C(O)CNC(=O)c2cc(Cl)cc(Cl)c2)o1. The van der Waals surface area contributed by atoms with E-state index in [1.165, 1.54) is 12.1 Å². The van der Waals surface area contributed by atoms with E-state index in [0.717, 1.165) is 0 Å². The zero-order chi connectivity index (χ0) is 14.7. The van der Waals surface area contributed by atoms with Crippen LogP contribution in [0.25, 0.3) is 0 Å². The molecule has 0 fully saturated rings. The highest BCUT2D eigenvalue weighted by Crippen LogP contribution is 2.19. The van der Waals surface area contributed by atoms with Crippen molar-refractivity contribution in [3.63, 3.8) is 0 Å². The lowest BCUT2D eigenvalue weighted by Crippen LogP contribution is -2.28. The number of hydrogen-bond acceptors (Lipinski definition) is 3. The number of carbonyl (C=O) groups is 1. The van der Waals surface area contributed by atoms with Gasteiger partial charge in [-0.1, -0.05) is 23.2 Å². The van der Waals surface area contributed by atoms with E-state index in [2.05, 4.69) is 5.32 Å². The lowest BCUT2D eigenvalue weighted by Gasteiger charge is -2.10. The average Bonchev–Trinajstić information content (AvgIpc) is 2.81. The summed E-state index contributed by atoms with van der Waals surface area (Å²) in [5.74, 6) is 0.746. The summed E-state index contributed by atoms with van der Waals surface area (Å²) < 4.78 is 5.28. The molecule has 1 aromatic carbocycles. The summed E-state index contributed by atoms with van der Waals surface area (Å²) in [4.78, 5) is 11.9. The summed E-state index contributed by atoms with van der Waals surface area (Å²) >= 11 is 11.7. The third-order valence-electron chi connectivity index (χ3n) is 2.67. The van der Waals surface area contributed by atoms with Gasteiger partial charge in [0.05, 0.1) is 6.54 Å². The van der Waals surface area contributed by atoms with Crippen molar-refractivity contribution in [1.82, 2.24) is 5.32 Å². The molecular formula is C14H13Cl2NO3. The molecule has 20 heavy (non-hydrogen) atoms. The van der Waals surface area contributed by atoms with Crippen LogP contribution in [0.1, 0.15) is 28.0 Å². The van der Waals surface area contributed by atoms with E-state index in [9.17, 15) is 9.90 Å². The first-order valence-corrected chi connectivity index (χ1v) is 6.70. The zero-order valence-corrected chi connectivity index (χ0v) is 12.2. The van der Waals surface area contributed by atoms with Gasteiger partial charge in [-0.25, -0.2) is 0 Å². The van der Waals surface area contributed by atoms with Crippen molar-refractivity contribution in [1.29, 1.82) is 0 Å². The van der Waals surface area contributed by atoms with Crippen molar-refractivity contribution in [3.05, 3.63) is 57.5 Å². The van der Waals surface area contributed by atoms with Crippen LogP contribution < -0.4 is 5.32 Å². The second-order valence-corrected chi connectivity index (χ2v) is 5.21. The molecule has 0 aliphatic heterocycles. The molecule has 0 bridgehead atoms. The number of nitrogens with one attached hydrogen (secondary N) is 1. The number of carbonyl (C=O) groups excluding carboxylic acids is 1. The normalized spacial score (nSPS) is 12.2. The number of aliphatic hydroxyl groups excluding tert-OH is 1. The van der Waals surface area contributed by atoms with E-state index >= 15 is 0 Å². The van der Waals surface area contributed by atoms with Crippen molar-refractivity contribution in [2.75, 3.05) is 6.54 Å². The second-order valence-electron chi connectivity index (χ2n) is 4.33. The largest absolute Gasteiger partial charge is 0.464 e. The van der Waals surface area contributed by atoms with Gasteiger partial charge in [-0.05, 0) is 37.3 Å². The molecule has 0 spiro atoms. The lowest BCUT2D eigenvalue weighted by molar-refractivity contribution is 0.0900. The Labute approximate surface area is 126 Å². The monoisotopic (exact) mass is 313 g/mol. The van der Waals surface area contributed by atoms with Crippen LogP contribution in [0.15, 0.2) is 34.7 Å². The van der Waals surface area contributed by atoms with Crippen molar-refractivity contribution in [2.24, 2.45) is 0 Å². The van der Waals surface area contributed by atoms with Gasteiger partial charge in [0.2, 0.25) is 0 Å². The van der Waals surface area contributed by atoms with Crippen LogP contribution in [0, 0.1) is 6.92 Å². The Balaban J connectivity index is 1.98. The highest BCUT2D eigenvalue weighted by molar-refractivity contribution is 6.35. The minimum Gasteiger partial charge on any atom is -0.464 e. The number of furan rings is 1. The van der Waals surface area contributed by atoms with E-state index in [4.69, 9.17) is 27.6 Å². The number of benzene rings is 1. The number of rotatable bonds is 4. The fourth-order valence-corrected chi connectivity index (χ4v) is 2.24. The summed E-state index contributed by atoms with van der Waals surface area (Å²) in [7, 11) is 0. The summed E-state index contributed by atoms with van der Waals surface area (Å²) in [6, 6.07) is 7.97. The topological polar surface area (TPSA) is 62.5 Å². The Hall–Kier alpha value is -1.49. The highest BCUT2D eigenvalue weighted by Gasteiger charge is 2.14. The first-order valence-electron chi connectivity index (χ1n) is 5.94. The molecule has 2 aromatic rings. The molecule has 4 nitrogen and oxygen atoms in total. The molecule has 1 aromatic heterocycles. The molecule has 2 N–H and O–H groups in total. The Morgan fingerprint density at radius 1 is 1.30 bits per heavy atom. The van der Waals surface area contributed by atoms with Gasteiger partial charge >= 0.3 is 0 Å². The molecule has 0 saturated carbocycles. The Bertz CT molecular complexity index is 604. The molecular weight excluding hydrogens is 301 g/mol. The molecule has 0 aliphatic rings. The smallest absolute Gasteiger partial charge is 0.251 e. The van der Waals surface area contributed by atoms with Gasteiger partial charge in [0.15, 0.2) is 0 Å². The zero-order valence-electron chi connectivity index (χ0n) is 10.7. The third-order valence-corrected chi connectivity index (χ3v) is 3.11. The molecule has 1 amide bonds. The fourth-order valence-electron chi connectivity index (χ4n) is 1.71. The molecule has 1 heterocycles. The van der Waals surface area contributed by atoms with E-state index in [-0.39, 0.29) is 12.5 Å². The van der Waals surface area contributed by atoms with Crippen LogP contribution in [-0.2, 0) is 0 Å². The van der Waals surface area contributed by atoms with Crippen LogP contribution in [0.3, 0.4) is 0 Å². The van der Waals surface area contributed by atoms with Gasteiger partial charge in [-0.2, -0.15) is 0 Å². The van der Waals surface area contributed by atoms with E-state index in [1.807, 2.05) is 0 Å². The summed E-state index contributed by atoms with van der Waals surface area (Å²) in [5, 5.41) is 13.2. The van der Waals surface area contributed by atoms with E-state index in [0.29, 0.717) is 27.1 Å². The number of aryl methyl sites for hydroxylation is 1. The maximum absolute atomic E-state index is 11.9. The molecule has 0 saturated heterocycles. The minimum absolute atomic E-state index is 0.0376. The second kappa shape index (κ2) is 6.31.